The Balaban J connectivity index is 1.65. The molecule has 8 heteroatoms. The van der Waals surface area contributed by atoms with Crippen LogP contribution in [-0.2, 0) is 21.2 Å². The lowest BCUT2D eigenvalue weighted by atomic mass is 10.1. The summed E-state index contributed by atoms with van der Waals surface area (Å²) in [7, 11) is -3.79. The molecule has 1 amide bonds. The number of pyridine rings is 1. The van der Waals surface area contributed by atoms with Crippen molar-refractivity contribution >= 4 is 38.9 Å². The first kappa shape index (κ1) is 19.9. The Labute approximate surface area is 168 Å². The zero-order valence-electron chi connectivity index (χ0n) is 14.8. The fraction of sp³-hybridized carbons (Fsp3) is 0.100. The van der Waals surface area contributed by atoms with Gasteiger partial charge in [0.1, 0.15) is 0 Å². The van der Waals surface area contributed by atoms with Gasteiger partial charge < -0.3 is 5.32 Å². The van der Waals surface area contributed by atoms with E-state index in [0.717, 1.165) is 5.56 Å². The topological polar surface area (TPSA) is 88.2 Å². The van der Waals surface area contributed by atoms with Crippen LogP contribution in [0.15, 0.2) is 78.0 Å². The number of halogens is 1. The van der Waals surface area contributed by atoms with Gasteiger partial charge in [0.05, 0.1) is 4.90 Å². The van der Waals surface area contributed by atoms with Crippen molar-refractivity contribution in [3.8, 4) is 0 Å². The van der Waals surface area contributed by atoms with Crippen molar-refractivity contribution in [2.75, 3.05) is 10.0 Å². The molecule has 0 aliphatic heterocycles. The molecule has 0 fully saturated rings. The average Bonchev–Trinajstić information content (AvgIpc) is 2.69. The third-order valence-electron chi connectivity index (χ3n) is 3.89. The Hall–Kier alpha value is -2.90. The molecule has 0 saturated carbocycles. The third kappa shape index (κ3) is 5.55. The monoisotopic (exact) mass is 415 g/mol. The van der Waals surface area contributed by atoms with Crippen LogP contribution in [0.25, 0.3) is 0 Å². The molecule has 0 unspecified atom stereocenters. The smallest absolute Gasteiger partial charge is 0.261 e. The molecule has 0 bridgehead atoms. The van der Waals surface area contributed by atoms with Crippen LogP contribution in [0.4, 0.5) is 11.4 Å². The molecule has 0 spiro atoms. The second-order valence-corrected chi connectivity index (χ2v) is 8.17. The second kappa shape index (κ2) is 8.86. The maximum absolute atomic E-state index is 12.6. The van der Waals surface area contributed by atoms with E-state index in [4.69, 9.17) is 11.6 Å². The lowest BCUT2D eigenvalue weighted by Gasteiger charge is -2.10. The zero-order chi connectivity index (χ0) is 20.0. The highest BCUT2D eigenvalue weighted by molar-refractivity contribution is 7.92. The standard InChI is InChI=1S/C20H18ClN3O3S/c21-16-7-9-17(10-8-16)24-28(26,27)19-5-1-4-18(13-19)23-20(25)11-6-15-3-2-12-22-14-15/h1-5,7-10,12-14,24H,6,11H2,(H,23,25). The zero-order valence-corrected chi connectivity index (χ0v) is 16.4. The summed E-state index contributed by atoms with van der Waals surface area (Å²) in [4.78, 5) is 16.2. The number of amides is 1. The molecule has 3 rings (SSSR count). The Morgan fingerprint density at radius 2 is 1.79 bits per heavy atom. The lowest BCUT2D eigenvalue weighted by molar-refractivity contribution is -0.116. The third-order valence-corrected chi connectivity index (χ3v) is 5.52. The van der Waals surface area contributed by atoms with Gasteiger partial charge in [-0.3, -0.25) is 14.5 Å². The Morgan fingerprint density at radius 3 is 2.50 bits per heavy atom. The van der Waals surface area contributed by atoms with Crippen LogP contribution in [0, 0.1) is 0 Å². The fourth-order valence-corrected chi connectivity index (χ4v) is 3.73. The van der Waals surface area contributed by atoms with E-state index in [-0.39, 0.29) is 17.2 Å². The maximum Gasteiger partial charge on any atom is 0.261 e. The van der Waals surface area contributed by atoms with Gasteiger partial charge in [0.25, 0.3) is 10.0 Å². The maximum atomic E-state index is 12.6. The van der Waals surface area contributed by atoms with Crippen LogP contribution >= 0.6 is 11.6 Å². The van der Waals surface area contributed by atoms with Gasteiger partial charge >= 0.3 is 0 Å². The van der Waals surface area contributed by atoms with Crippen molar-refractivity contribution in [2.24, 2.45) is 0 Å². The summed E-state index contributed by atoms with van der Waals surface area (Å²) in [5.74, 6) is -0.205. The molecule has 2 N–H and O–H groups in total. The highest BCUT2D eigenvalue weighted by atomic mass is 35.5. The van der Waals surface area contributed by atoms with Crippen molar-refractivity contribution in [3.05, 3.63) is 83.6 Å². The molecule has 2 aromatic carbocycles. The summed E-state index contributed by atoms with van der Waals surface area (Å²) in [5.41, 5.74) is 1.77. The first-order valence-corrected chi connectivity index (χ1v) is 10.4. The number of hydrogen-bond donors (Lipinski definition) is 2. The minimum Gasteiger partial charge on any atom is -0.326 e. The highest BCUT2D eigenvalue weighted by Crippen LogP contribution is 2.21. The van der Waals surface area contributed by atoms with Gasteiger partial charge in [-0.2, -0.15) is 0 Å². The summed E-state index contributed by atoms with van der Waals surface area (Å²) >= 11 is 5.81. The van der Waals surface area contributed by atoms with Crippen LogP contribution in [0.1, 0.15) is 12.0 Å². The van der Waals surface area contributed by atoms with Crippen LogP contribution in [0.2, 0.25) is 5.02 Å². The number of hydrogen-bond acceptors (Lipinski definition) is 4. The number of nitrogens with one attached hydrogen (secondary N) is 2. The van der Waals surface area contributed by atoms with Crippen molar-refractivity contribution in [1.82, 2.24) is 4.98 Å². The van der Waals surface area contributed by atoms with Crippen LogP contribution < -0.4 is 10.0 Å². The molecule has 0 aliphatic carbocycles. The highest BCUT2D eigenvalue weighted by Gasteiger charge is 2.15. The van der Waals surface area contributed by atoms with E-state index in [1.165, 1.54) is 12.1 Å². The van der Waals surface area contributed by atoms with Gasteiger partial charge in [0, 0.05) is 35.2 Å². The van der Waals surface area contributed by atoms with E-state index in [1.54, 1.807) is 48.8 Å². The number of aryl methyl sites for hydroxylation is 1. The second-order valence-electron chi connectivity index (χ2n) is 6.05. The number of carbonyl (C=O) groups is 1. The molecular formula is C20H18ClN3O3S. The molecule has 28 heavy (non-hydrogen) atoms. The molecule has 0 atom stereocenters. The number of nitrogens with zero attached hydrogens (tertiary/aromatic N) is 1. The number of carbonyl (C=O) groups excluding carboxylic acids is 1. The van der Waals surface area contributed by atoms with Crippen molar-refractivity contribution < 1.29 is 13.2 Å². The molecule has 6 nitrogen and oxygen atoms in total. The first-order valence-electron chi connectivity index (χ1n) is 8.49. The Morgan fingerprint density at radius 1 is 1.00 bits per heavy atom. The molecule has 3 aromatic rings. The molecule has 1 heterocycles. The average molecular weight is 416 g/mol. The van der Waals surface area contributed by atoms with Gasteiger partial charge in [-0.05, 0) is 60.5 Å². The van der Waals surface area contributed by atoms with E-state index in [1.807, 2.05) is 12.1 Å². The van der Waals surface area contributed by atoms with E-state index in [9.17, 15) is 13.2 Å². The normalized spacial score (nSPS) is 11.0. The SMILES string of the molecule is O=C(CCc1cccnc1)Nc1cccc(S(=O)(=O)Nc2ccc(Cl)cc2)c1. The van der Waals surface area contributed by atoms with E-state index in [2.05, 4.69) is 15.0 Å². The molecule has 0 saturated heterocycles. The van der Waals surface area contributed by atoms with Crippen LogP contribution in [0.3, 0.4) is 0 Å². The summed E-state index contributed by atoms with van der Waals surface area (Å²) in [6.07, 6.45) is 4.21. The Kier molecular flexibility index (Phi) is 6.28. The predicted octanol–water partition coefficient (Wildman–Crippen LogP) is 4.11. The molecular weight excluding hydrogens is 398 g/mol. The first-order chi connectivity index (χ1) is 13.4. The number of benzene rings is 2. The van der Waals surface area contributed by atoms with Crippen molar-refractivity contribution in [3.63, 3.8) is 0 Å². The number of aromatic nitrogens is 1. The summed E-state index contributed by atoms with van der Waals surface area (Å²) in [6.45, 7) is 0. The van der Waals surface area contributed by atoms with Gasteiger partial charge in [0.2, 0.25) is 5.91 Å². The Bertz CT molecular complexity index is 1060. The number of anilines is 2. The minimum absolute atomic E-state index is 0.0486. The molecule has 0 aliphatic rings. The number of sulfonamides is 1. The van der Waals surface area contributed by atoms with E-state index >= 15 is 0 Å². The van der Waals surface area contributed by atoms with Crippen LogP contribution in [-0.4, -0.2) is 19.3 Å². The van der Waals surface area contributed by atoms with Crippen molar-refractivity contribution in [2.45, 2.75) is 17.7 Å². The lowest BCUT2D eigenvalue weighted by Crippen LogP contribution is -2.15. The van der Waals surface area contributed by atoms with E-state index < -0.39 is 10.0 Å². The fourth-order valence-electron chi connectivity index (χ4n) is 2.50. The minimum atomic E-state index is -3.79. The van der Waals surface area contributed by atoms with Gasteiger partial charge in [-0.1, -0.05) is 23.7 Å². The summed E-state index contributed by atoms with van der Waals surface area (Å²) in [6, 6.07) is 16.1. The van der Waals surface area contributed by atoms with Gasteiger partial charge in [0.15, 0.2) is 0 Å². The number of rotatable bonds is 7. The van der Waals surface area contributed by atoms with Gasteiger partial charge in [-0.15, -0.1) is 0 Å². The quantitative estimate of drug-likeness (QED) is 0.607. The van der Waals surface area contributed by atoms with E-state index in [0.29, 0.717) is 22.8 Å². The summed E-state index contributed by atoms with van der Waals surface area (Å²) < 4.78 is 27.6. The largest absolute Gasteiger partial charge is 0.326 e. The van der Waals surface area contributed by atoms with Crippen LogP contribution in [0.5, 0.6) is 0 Å². The molecule has 1 aromatic heterocycles. The molecule has 0 radical (unpaired) electrons. The summed E-state index contributed by atoms with van der Waals surface area (Å²) in [5, 5.41) is 3.24. The van der Waals surface area contributed by atoms with Gasteiger partial charge in [-0.25, -0.2) is 8.42 Å². The predicted molar refractivity (Wildman–Crippen MR) is 110 cm³/mol. The van der Waals surface area contributed by atoms with Crippen molar-refractivity contribution in [1.29, 1.82) is 0 Å². The molecule has 144 valence electrons.